The highest BCUT2D eigenvalue weighted by molar-refractivity contribution is 9.10. The second kappa shape index (κ2) is 4.17. The lowest BCUT2D eigenvalue weighted by Gasteiger charge is -2.07. The summed E-state index contributed by atoms with van der Waals surface area (Å²) in [6, 6.07) is 4.15. The Morgan fingerprint density at radius 1 is 1.47 bits per heavy atom. The molecule has 0 saturated carbocycles. The summed E-state index contributed by atoms with van der Waals surface area (Å²) in [6.45, 7) is 0. The average molecular weight is 299 g/mol. The molecule has 0 saturated heterocycles. The quantitative estimate of drug-likeness (QED) is 0.880. The second-order valence-electron chi connectivity index (χ2n) is 3.31. The van der Waals surface area contributed by atoms with Crippen molar-refractivity contribution in [1.82, 2.24) is 9.78 Å². The van der Waals surface area contributed by atoms with Crippen LogP contribution >= 0.6 is 15.9 Å². The molecule has 0 bridgehead atoms. The van der Waals surface area contributed by atoms with Gasteiger partial charge in [-0.15, -0.1) is 5.10 Å². The van der Waals surface area contributed by atoms with Crippen LogP contribution in [-0.2, 0) is 0 Å². The number of primary amides is 1. The number of rotatable bonds is 2. The van der Waals surface area contributed by atoms with Gasteiger partial charge < -0.3 is 11.5 Å². The van der Waals surface area contributed by atoms with Crippen molar-refractivity contribution in [2.24, 2.45) is 5.73 Å². The van der Waals surface area contributed by atoms with Gasteiger partial charge in [-0.25, -0.2) is 9.07 Å². The van der Waals surface area contributed by atoms with Crippen LogP contribution in [-0.4, -0.2) is 15.7 Å². The lowest BCUT2D eigenvalue weighted by Crippen LogP contribution is -2.17. The number of nitrogens with two attached hydrogens (primary N) is 2. The third kappa shape index (κ3) is 2.01. The van der Waals surface area contributed by atoms with Gasteiger partial charge >= 0.3 is 0 Å². The maximum Gasteiger partial charge on any atom is 0.253 e. The van der Waals surface area contributed by atoms with Gasteiger partial charge in [0.15, 0.2) is 5.82 Å². The van der Waals surface area contributed by atoms with Crippen molar-refractivity contribution < 1.29 is 9.18 Å². The number of hydrogen-bond acceptors (Lipinski definition) is 3. The first-order chi connectivity index (χ1) is 8.00. The minimum atomic E-state index is -0.858. The summed E-state index contributed by atoms with van der Waals surface area (Å²) < 4.78 is 15.4. The Kier molecular flexibility index (Phi) is 2.84. The lowest BCUT2D eigenvalue weighted by atomic mass is 10.1. The normalized spacial score (nSPS) is 10.5. The van der Waals surface area contributed by atoms with Crippen LogP contribution in [0.5, 0.6) is 0 Å². The van der Waals surface area contributed by atoms with E-state index in [0.717, 1.165) is 6.07 Å². The summed E-state index contributed by atoms with van der Waals surface area (Å²) in [5, 5.41) is 3.94. The molecule has 7 heteroatoms. The summed E-state index contributed by atoms with van der Waals surface area (Å²) in [7, 11) is 0. The molecule has 0 fully saturated rings. The van der Waals surface area contributed by atoms with Gasteiger partial charge in [0, 0.05) is 6.20 Å². The first-order valence-electron chi connectivity index (χ1n) is 4.60. The van der Waals surface area contributed by atoms with Gasteiger partial charge in [-0.3, -0.25) is 4.79 Å². The summed E-state index contributed by atoms with van der Waals surface area (Å²) >= 11 is 3.18. The number of anilines is 1. The third-order valence-corrected chi connectivity index (χ3v) is 2.79. The summed E-state index contributed by atoms with van der Waals surface area (Å²) in [5.41, 5.74) is 10.7. The number of nitrogens with zero attached hydrogens (tertiary/aromatic N) is 2. The van der Waals surface area contributed by atoms with Crippen LogP contribution in [0, 0.1) is 5.82 Å². The van der Waals surface area contributed by atoms with E-state index >= 15 is 0 Å². The van der Waals surface area contributed by atoms with Crippen LogP contribution in [0.3, 0.4) is 0 Å². The highest BCUT2D eigenvalue weighted by atomic mass is 79.9. The zero-order chi connectivity index (χ0) is 12.6. The van der Waals surface area contributed by atoms with E-state index in [0.29, 0.717) is 4.47 Å². The van der Waals surface area contributed by atoms with Crippen LogP contribution in [0.15, 0.2) is 28.9 Å². The van der Waals surface area contributed by atoms with Crippen molar-refractivity contribution in [1.29, 1.82) is 0 Å². The molecule has 1 amide bonds. The fraction of sp³-hybridized carbons (Fsp3) is 0. The standard InChI is InChI=1S/C10H8BrFN4O/c11-5-4-16(15-9(5)13)7-3-1-2-6(12)8(7)10(14)17/h1-4H,(H2,13,15)(H2,14,17). The fourth-order valence-electron chi connectivity index (χ4n) is 1.44. The lowest BCUT2D eigenvalue weighted by molar-refractivity contribution is 0.0996. The predicted octanol–water partition coefficient (Wildman–Crippen LogP) is 1.46. The predicted molar refractivity (Wildman–Crippen MR) is 64.2 cm³/mol. The van der Waals surface area contributed by atoms with Crippen molar-refractivity contribution in [2.75, 3.05) is 5.73 Å². The van der Waals surface area contributed by atoms with Crippen LogP contribution in [0.2, 0.25) is 0 Å². The summed E-state index contributed by atoms with van der Waals surface area (Å²) in [6.07, 6.45) is 1.52. The zero-order valence-corrected chi connectivity index (χ0v) is 10.1. The second-order valence-corrected chi connectivity index (χ2v) is 4.16. The molecule has 1 aromatic heterocycles. The Labute approximate surface area is 104 Å². The molecular formula is C10H8BrFN4O. The largest absolute Gasteiger partial charge is 0.381 e. The minimum Gasteiger partial charge on any atom is -0.381 e. The molecule has 2 aromatic rings. The molecule has 0 spiro atoms. The number of amides is 1. The summed E-state index contributed by atoms with van der Waals surface area (Å²) in [5.74, 6) is -1.31. The number of carbonyl (C=O) groups excluding carboxylic acids is 1. The SMILES string of the molecule is NC(=O)c1c(F)cccc1-n1cc(Br)c(N)n1. The minimum absolute atomic E-state index is 0.220. The number of nitrogen functional groups attached to an aromatic ring is 1. The zero-order valence-electron chi connectivity index (χ0n) is 8.52. The van der Waals surface area contributed by atoms with E-state index in [-0.39, 0.29) is 17.1 Å². The third-order valence-electron chi connectivity index (χ3n) is 2.18. The molecule has 17 heavy (non-hydrogen) atoms. The molecule has 0 aliphatic carbocycles. The number of benzene rings is 1. The topological polar surface area (TPSA) is 86.9 Å². The number of hydrogen-bond donors (Lipinski definition) is 2. The van der Waals surface area contributed by atoms with Gasteiger partial charge in [0.25, 0.3) is 5.91 Å². The van der Waals surface area contributed by atoms with E-state index in [2.05, 4.69) is 21.0 Å². The van der Waals surface area contributed by atoms with Crippen LogP contribution in [0.25, 0.3) is 5.69 Å². The molecular weight excluding hydrogens is 291 g/mol. The van der Waals surface area contributed by atoms with Crippen molar-refractivity contribution in [3.8, 4) is 5.69 Å². The highest BCUT2D eigenvalue weighted by Crippen LogP contribution is 2.22. The summed E-state index contributed by atoms with van der Waals surface area (Å²) in [4.78, 5) is 11.2. The van der Waals surface area contributed by atoms with Crippen LogP contribution in [0.4, 0.5) is 10.2 Å². The number of aromatic nitrogens is 2. The molecule has 2 rings (SSSR count). The molecule has 0 radical (unpaired) electrons. The van der Waals surface area contributed by atoms with Gasteiger partial charge in [0.1, 0.15) is 11.4 Å². The Hall–Kier alpha value is -1.89. The van der Waals surface area contributed by atoms with Gasteiger partial charge in [0.05, 0.1) is 10.2 Å². The first kappa shape index (κ1) is 11.6. The molecule has 0 aliphatic heterocycles. The maximum absolute atomic E-state index is 13.5. The molecule has 0 atom stereocenters. The average Bonchev–Trinajstić information content (AvgIpc) is 2.58. The van der Waals surface area contributed by atoms with E-state index in [1.54, 1.807) is 0 Å². The van der Waals surface area contributed by atoms with Gasteiger partial charge in [-0.05, 0) is 28.1 Å². The monoisotopic (exact) mass is 298 g/mol. The Bertz CT molecular complexity index is 576. The fourth-order valence-corrected chi connectivity index (χ4v) is 1.71. The number of carbonyl (C=O) groups is 1. The van der Waals surface area contributed by atoms with E-state index in [1.165, 1.54) is 23.0 Å². The van der Waals surface area contributed by atoms with Crippen LogP contribution < -0.4 is 11.5 Å². The molecule has 0 unspecified atom stereocenters. The molecule has 1 aromatic carbocycles. The smallest absolute Gasteiger partial charge is 0.253 e. The molecule has 4 N–H and O–H groups in total. The Morgan fingerprint density at radius 3 is 2.71 bits per heavy atom. The van der Waals surface area contributed by atoms with Gasteiger partial charge in [0.2, 0.25) is 0 Å². The highest BCUT2D eigenvalue weighted by Gasteiger charge is 2.16. The van der Waals surface area contributed by atoms with Crippen molar-refractivity contribution in [3.63, 3.8) is 0 Å². The van der Waals surface area contributed by atoms with E-state index < -0.39 is 11.7 Å². The number of halogens is 2. The van der Waals surface area contributed by atoms with Crippen molar-refractivity contribution in [2.45, 2.75) is 0 Å². The first-order valence-corrected chi connectivity index (χ1v) is 5.39. The van der Waals surface area contributed by atoms with E-state index in [9.17, 15) is 9.18 Å². The molecule has 1 heterocycles. The Balaban J connectivity index is 2.67. The van der Waals surface area contributed by atoms with Crippen molar-refractivity contribution >= 4 is 27.7 Å². The van der Waals surface area contributed by atoms with Crippen molar-refractivity contribution in [3.05, 3.63) is 40.2 Å². The van der Waals surface area contributed by atoms with Crippen LogP contribution in [0.1, 0.15) is 10.4 Å². The van der Waals surface area contributed by atoms with Gasteiger partial charge in [-0.2, -0.15) is 0 Å². The van der Waals surface area contributed by atoms with E-state index in [1.807, 2.05) is 0 Å². The van der Waals surface area contributed by atoms with Gasteiger partial charge in [-0.1, -0.05) is 6.07 Å². The Morgan fingerprint density at radius 2 is 2.18 bits per heavy atom. The molecule has 0 aliphatic rings. The molecule has 5 nitrogen and oxygen atoms in total. The maximum atomic E-state index is 13.5. The van der Waals surface area contributed by atoms with E-state index in [4.69, 9.17) is 11.5 Å². The molecule has 88 valence electrons.